The Morgan fingerprint density at radius 2 is 2.17 bits per heavy atom. The fraction of sp³-hybridized carbons (Fsp3) is 0.778. The largest absolute Gasteiger partial charge is 0.407 e. The highest BCUT2D eigenvalue weighted by atomic mass is 16.7. The summed E-state index contributed by atoms with van der Waals surface area (Å²) < 4.78 is 0. The lowest BCUT2D eigenvalue weighted by atomic mass is 9.94. The summed E-state index contributed by atoms with van der Waals surface area (Å²) in [4.78, 5) is 5.43. The lowest BCUT2D eigenvalue weighted by Crippen LogP contribution is -2.30. The summed E-state index contributed by atoms with van der Waals surface area (Å²) in [5.41, 5.74) is 0.0314. The first-order chi connectivity index (χ1) is 5.41. The fourth-order valence-electron chi connectivity index (χ4n) is 1.05. The van der Waals surface area contributed by atoms with Crippen LogP contribution in [0.4, 0.5) is 0 Å². The van der Waals surface area contributed by atoms with Crippen molar-refractivity contribution in [3.63, 3.8) is 0 Å². The minimum atomic E-state index is -0.541. The molecule has 0 aliphatic carbocycles. The summed E-state index contributed by atoms with van der Waals surface area (Å²) in [6.07, 6.45) is 1.47. The van der Waals surface area contributed by atoms with E-state index in [2.05, 4.69) is 20.8 Å². The molecule has 1 aliphatic rings. The molecule has 0 saturated heterocycles. The van der Waals surface area contributed by atoms with Gasteiger partial charge < -0.3 is 9.94 Å². The molecule has 1 unspecified atom stereocenters. The van der Waals surface area contributed by atoms with Gasteiger partial charge in [-0.1, -0.05) is 20.8 Å². The van der Waals surface area contributed by atoms with Crippen molar-refractivity contribution in [1.82, 2.24) is 5.06 Å². The minimum Gasteiger partial charge on any atom is -0.407 e. The van der Waals surface area contributed by atoms with Gasteiger partial charge in [-0.25, -0.2) is 0 Å². The van der Waals surface area contributed by atoms with Crippen molar-refractivity contribution in [3.05, 3.63) is 11.8 Å². The van der Waals surface area contributed by atoms with E-state index in [0.29, 0.717) is 6.54 Å². The van der Waals surface area contributed by atoms with E-state index in [-0.39, 0.29) is 5.41 Å². The van der Waals surface area contributed by atoms with E-state index in [0.717, 1.165) is 5.76 Å². The summed E-state index contributed by atoms with van der Waals surface area (Å²) in [6.45, 7) is 8.63. The monoisotopic (exact) mass is 171 g/mol. The quantitative estimate of drug-likeness (QED) is 0.649. The zero-order valence-corrected chi connectivity index (χ0v) is 8.16. The Hall–Kier alpha value is -0.540. The highest BCUT2D eigenvalue weighted by Gasteiger charge is 2.27. The third-order valence-corrected chi connectivity index (χ3v) is 1.83. The van der Waals surface area contributed by atoms with Gasteiger partial charge in [-0.2, -0.15) is 0 Å². The average Bonchev–Trinajstić information content (AvgIpc) is 2.30. The normalized spacial score (nSPS) is 21.9. The molecule has 0 aromatic rings. The number of hydrogen-bond acceptors (Lipinski definition) is 3. The fourth-order valence-corrected chi connectivity index (χ4v) is 1.05. The van der Waals surface area contributed by atoms with Crippen LogP contribution in [0.3, 0.4) is 0 Å². The van der Waals surface area contributed by atoms with Crippen LogP contribution in [0.25, 0.3) is 0 Å². The van der Waals surface area contributed by atoms with Crippen molar-refractivity contribution in [2.45, 2.75) is 33.9 Å². The lowest BCUT2D eigenvalue weighted by molar-refractivity contribution is -0.192. The smallest absolute Gasteiger partial charge is 0.137 e. The second kappa shape index (κ2) is 3.07. The number of allylic oxidation sites excluding steroid dienone is 1. The van der Waals surface area contributed by atoms with Gasteiger partial charge in [0, 0.05) is 5.41 Å². The van der Waals surface area contributed by atoms with Crippen molar-refractivity contribution in [2.75, 3.05) is 6.54 Å². The van der Waals surface area contributed by atoms with E-state index in [1.165, 1.54) is 0 Å². The predicted octanol–water partition coefficient (Wildman–Crippen LogP) is 1.50. The van der Waals surface area contributed by atoms with Crippen molar-refractivity contribution in [1.29, 1.82) is 0 Å². The maximum absolute atomic E-state index is 9.20. The third-order valence-electron chi connectivity index (χ3n) is 1.83. The molecule has 0 fully saturated rings. The van der Waals surface area contributed by atoms with Crippen LogP contribution in [0.1, 0.15) is 27.7 Å². The number of hydroxylamine groups is 2. The summed E-state index contributed by atoms with van der Waals surface area (Å²) in [5.74, 6) is 0.934. The molecule has 3 nitrogen and oxygen atoms in total. The number of aliphatic hydroxyl groups is 1. The summed E-state index contributed by atoms with van der Waals surface area (Å²) >= 11 is 0. The molecule has 1 N–H and O–H groups in total. The van der Waals surface area contributed by atoms with Gasteiger partial charge in [-0.05, 0) is 13.0 Å². The molecule has 3 heteroatoms. The Bertz CT molecular complexity index is 191. The third kappa shape index (κ3) is 1.99. The molecule has 1 rings (SSSR count). The highest BCUT2D eigenvalue weighted by Crippen LogP contribution is 2.30. The predicted molar refractivity (Wildman–Crippen MR) is 47.0 cm³/mol. The molecule has 0 aromatic heterocycles. The zero-order valence-electron chi connectivity index (χ0n) is 8.16. The molecule has 0 saturated carbocycles. The molecule has 0 amide bonds. The molecule has 70 valence electrons. The van der Waals surface area contributed by atoms with Crippen LogP contribution in [0.15, 0.2) is 11.8 Å². The van der Waals surface area contributed by atoms with E-state index in [1.54, 1.807) is 12.0 Å². The Morgan fingerprint density at radius 1 is 1.58 bits per heavy atom. The van der Waals surface area contributed by atoms with E-state index < -0.39 is 6.23 Å². The Labute approximate surface area is 73.6 Å². The summed E-state index contributed by atoms with van der Waals surface area (Å²) in [7, 11) is 0. The second-order valence-electron chi connectivity index (χ2n) is 4.14. The van der Waals surface area contributed by atoms with Crippen LogP contribution in [0.2, 0.25) is 0 Å². The van der Waals surface area contributed by atoms with Crippen molar-refractivity contribution in [2.24, 2.45) is 5.41 Å². The van der Waals surface area contributed by atoms with Gasteiger partial charge in [-0.3, -0.25) is 0 Å². The van der Waals surface area contributed by atoms with Crippen LogP contribution in [-0.2, 0) is 4.84 Å². The van der Waals surface area contributed by atoms with Gasteiger partial charge in [0.05, 0.1) is 6.54 Å². The second-order valence-corrected chi connectivity index (χ2v) is 4.14. The van der Waals surface area contributed by atoms with Crippen LogP contribution in [0, 0.1) is 5.41 Å². The van der Waals surface area contributed by atoms with E-state index >= 15 is 0 Å². The van der Waals surface area contributed by atoms with Crippen molar-refractivity contribution < 1.29 is 9.94 Å². The van der Waals surface area contributed by atoms with E-state index in [9.17, 15) is 5.11 Å². The molecule has 12 heavy (non-hydrogen) atoms. The van der Waals surface area contributed by atoms with Gasteiger partial charge in [0.25, 0.3) is 0 Å². The molecule has 1 atom stereocenters. The molecule has 0 radical (unpaired) electrons. The first-order valence-electron chi connectivity index (χ1n) is 4.24. The molecule has 0 spiro atoms. The maximum Gasteiger partial charge on any atom is 0.137 e. The summed E-state index contributed by atoms with van der Waals surface area (Å²) in [5, 5.41) is 10.8. The minimum absolute atomic E-state index is 0.0314. The molecule has 1 heterocycles. The van der Waals surface area contributed by atoms with E-state index in [4.69, 9.17) is 4.84 Å². The molecule has 0 aromatic carbocycles. The zero-order chi connectivity index (χ0) is 9.35. The summed E-state index contributed by atoms with van der Waals surface area (Å²) in [6, 6.07) is 0. The standard InChI is InChI=1S/C9H17NO2/c1-7(11)10-6-5-8(12-10)9(2,3)4/h5,7,11H,6H2,1-4H3. The number of nitrogens with zero attached hydrogens (tertiary/aromatic N) is 1. The lowest BCUT2D eigenvalue weighted by Gasteiger charge is -2.24. The molecular formula is C9H17NO2. The molecule has 1 aliphatic heterocycles. The topological polar surface area (TPSA) is 32.7 Å². The Kier molecular flexibility index (Phi) is 2.44. The van der Waals surface area contributed by atoms with Gasteiger partial charge in [-0.15, -0.1) is 5.06 Å². The number of rotatable bonds is 1. The van der Waals surface area contributed by atoms with Crippen LogP contribution >= 0.6 is 0 Å². The van der Waals surface area contributed by atoms with Crippen LogP contribution in [-0.4, -0.2) is 22.9 Å². The SMILES string of the molecule is CC(O)N1CC=C(C(C)(C)C)O1. The Morgan fingerprint density at radius 3 is 2.42 bits per heavy atom. The molecule has 0 bridgehead atoms. The number of hydrogen-bond donors (Lipinski definition) is 1. The first-order valence-corrected chi connectivity index (χ1v) is 4.24. The van der Waals surface area contributed by atoms with Crippen molar-refractivity contribution in [3.8, 4) is 0 Å². The molecular weight excluding hydrogens is 154 g/mol. The average molecular weight is 171 g/mol. The van der Waals surface area contributed by atoms with Gasteiger partial charge in [0.15, 0.2) is 0 Å². The maximum atomic E-state index is 9.20. The van der Waals surface area contributed by atoms with Gasteiger partial charge in [0.1, 0.15) is 12.0 Å². The highest BCUT2D eigenvalue weighted by molar-refractivity contribution is 5.06. The van der Waals surface area contributed by atoms with Gasteiger partial charge >= 0.3 is 0 Å². The van der Waals surface area contributed by atoms with E-state index in [1.807, 2.05) is 6.08 Å². The Balaban J connectivity index is 2.55. The van der Waals surface area contributed by atoms with Gasteiger partial charge in [0.2, 0.25) is 0 Å². The number of aliphatic hydroxyl groups excluding tert-OH is 1. The van der Waals surface area contributed by atoms with Crippen molar-refractivity contribution >= 4 is 0 Å². The first kappa shape index (κ1) is 9.55. The van der Waals surface area contributed by atoms with Crippen LogP contribution in [0.5, 0.6) is 0 Å². The van der Waals surface area contributed by atoms with Crippen LogP contribution < -0.4 is 0 Å².